The molecule has 0 spiro atoms. The lowest BCUT2D eigenvalue weighted by molar-refractivity contribution is 0.121. The number of aryl methyl sites for hydroxylation is 1. The quantitative estimate of drug-likeness (QED) is 0.793. The normalized spacial score (nSPS) is 17.4. The van der Waals surface area contributed by atoms with E-state index in [9.17, 15) is 0 Å². The smallest absolute Gasteiger partial charge is 0.224 e. The van der Waals surface area contributed by atoms with Crippen LogP contribution in [-0.2, 0) is 11.3 Å². The molecule has 0 aromatic carbocycles. The molecule has 0 unspecified atom stereocenters. The molecular formula is C8H13BrN4O. The minimum atomic E-state index is 0.654. The Labute approximate surface area is 91.2 Å². The van der Waals surface area contributed by atoms with Crippen LogP contribution in [0.4, 0.5) is 5.95 Å². The van der Waals surface area contributed by atoms with Crippen LogP contribution < -0.4 is 4.90 Å². The van der Waals surface area contributed by atoms with Crippen LogP contribution in [0.1, 0.15) is 6.92 Å². The minimum Gasteiger partial charge on any atom is -0.378 e. The molecule has 0 radical (unpaired) electrons. The first-order valence-corrected chi connectivity index (χ1v) is 5.53. The highest BCUT2D eigenvalue weighted by Gasteiger charge is 2.17. The molecule has 0 saturated carbocycles. The molecule has 5 nitrogen and oxygen atoms in total. The second-order valence-corrected chi connectivity index (χ2v) is 3.81. The number of nitrogens with zero attached hydrogens (tertiary/aromatic N) is 4. The Morgan fingerprint density at radius 2 is 2.14 bits per heavy atom. The van der Waals surface area contributed by atoms with Crippen molar-refractivity contribution in [3.8, 4) is 0 Å². The first kappa shape index (κ1) is 9.92. The first-order valence-electron chi connectivity index (χ1n) is 4.74. The van der Waals surface area contributed by atoms with Gasteiger partial charge < -0.3 is 9.64 Å². The zero-order valence-corrected chi connectivity index (χ0v) is 9.70. The van der Waals surface area contributed by atoms with E-state index in [0.29, 0.717) is 4.73 Å². The van der Waals surface area contributed by atoms with Gasteiger partial charge in [-0.05, 0) is 22.9 Å². The van der Waals surface area contributed by atoms with Crippen molar-refractivity contribution in [3.05, 3.63) is 4.73 Å². The van der Waals surface area contributed by atoms with E-state index >= 15 is 0 Å². The van der Waals surface area contributed by atoms with Crippen LogP contribution >= 0.6 is 15.9 Å². The Morgan fingerprint density at radius 1 is 1.43 bits per heavy atom. The molecule has 0 amide bonds. The number of morpholine rings is 1. The highest BCUT2D eigenvalue weighted by Crippen LogP contribution is 2.15. The lowest BCUT2D eigenvalue weighted by atomic mass is 10.4. The molecule has 0 N–H and O–H groups in total. The van der Waals surface area contributed by atoms with Gasteiger partial charge in [-0.15, -0.1) is 5.10 Å². The van der Waals surface area contributed by atoms with Crippen LogP contribution in [0.25, 0.3) is 0 Å². The third kappa shape index (κ3) is 1.90. The Morgan fingerprint density at radius 3 is 2.79 bits per heavy atom. The van der Waals surface area contributed by atoms with Gasteiger partial charge in [-0.25, -0.2) is 4.68 Å². The number of aromatic nitrogens is 3. The lowest BCUT2D eigenvalue weighted by Crippen LogP contribution is -2.38. The van der Waals surface area contributed by atoms with Crippen LogP contribution in [0.5, 0.6) is 0 Å². The molecular weight excluding hydrogens is 248 g/mol. The summed E-state index contributed by atoms with van der Waals surface area (Å²) in [5, 5.41) is 4.24. The Balaban J connectivity index is 2.20. The van der Waals surface area contributed by atoms with Crippen LogP contribution in [0.3, 0.4) is 0 Å². The van der Waals surface area contributed by atoms with Crippen LogP contribution in [-0.4, -0.2) is 41.1 Å². The predicted octanol–water partition coefficient (Wildman–Crippen LogP) is 0.897. The minimum absolute atomic E-state index is 0.654. The molecule has 2 heterocycles. The maximum absolute atomic E-state index is 5.29. The van der Waals surface area contributed by atoms with Gasteiger partial charge >= 0.3 is 0 Å². The van der Waals surface area contributed by atoms with Crippen molar-refractivity contribution in [3.63, 3.8) is 0 Å². The number of rotatable bonds is 2. The average molecular weight is 261 g/mol. The second-order valence-electron chi connectivity index (χ2n) is 3.10. The zero-order valence-electron chi connectivity index (χ0n) is 8.11. The number of hydrogen-bond acceptors (Lipinski definition) is 4. The van der Waals surface area contributed by atoms with Crippen molar-refractivity contribution >= 4 is 21.9 Å². The summed E-state index contributed by atoms with van der Waals surface area (Å²) in [4.78, 5) is 6.54. The van der Waals surface area contributed by atoms with Gasteiger partial charge in [-0.3, -0.25) is 0 Å². The topological polar surface area (TPSA) is 43.2 Å². The highest BCUT2D eigenvalue weighted by molar-refractivity contribution is 9.10. The summed E-state index contributed by atoms with van der Waals surface area (Å²) in [6, 6.07) is 0. The maximum atomic E-state index is 5.29. The van der Waals surface area contributed by atoms with E-state index < -0.39 is 0 Å². The molecule has 0 aliphatic carbocycles. The SMILES string of the molecule is CCn1nc(Br)nc1N1CCOCC1. The molecule has 0 atom stereocenters. The number of ether oxygens (including phenoxy) is 1. The van der Waals surface area contributed by atoms with E-state index in [0.717, 1.165) is 38.8 Å². The number of halogens is 1. The largest absolute Gasteiger partial charge is 0.378 e. The summed E-state index contributed by atoms with van der Waals surface area (Å²) < 4.78 is 7.84. The monoisotopic (exact) mass is 260 g/mol. The Hall–Kier alpha value is -0.620. The van der Waals surface area contributed by atoms with Crippen molar-refractivity contribution < 1.29 is 4.74 Å². The van der Waals surface area contributed by atoms with Gasteiger partial charge in [0.2, 0.25) is 10.7 Å². The van der Waals surface area contributed by atoms with Gasteiger partial charge in [0.05, 0.1) is 13.2 Å². The summed E-state index contributed by atoms with van der Waals surface area (Å²) >= 11 is 3.29. The molecule has 6 heteroatoms. The van der Waals surface area contributed by atoms with E-state index in [1.54, 1.807) is 0 Å². The molecule has 1 aromatic rings. The molecule has 78 valence electrons. The third-order valence-electron chi connectivity index (χ3n) is 2.22. The molecule has 1 aliphatic rings. The van der Waals surface area contributed by atoms with Gasteiger partial charge in [-0.1, -0.05) is 0 Å². The van der Waals surface area contributed by atoms with Crippen molar-refractivity contribution in [1.29, 1.82) is 0 Å². The molecule has 1 fully saturated rings. The molecule has 14 heavy (non-hydrogen) atoms. The van der Waals surface area contributed by atoms with Gasteiger partial charge in [0.25, 0.3) is 0 Å². The van der Waals surface area contributed by atoms with Gasteiger partial charge in [0.15, 0.2) is 0 Å². The summed E-state index contributed by atoms with van der Waals surface area (Å²) in [7, 11) is 0. The van der Waals surface area contributed by atoms with Gasteiger partial charge in [0.1, 0.15) is 0 Å². The van der Waals surface area contributed by atoms with Gasteiger partial charge in [-0.2, -0.15) is 4.98 Å². The van der Waals surface area contributed by atoms with E-state index in [4.69, 9.17) is 4.74 Å². The van der Waals surface area contributed by atoms with Crippen molar-refractivity contribution in [1.82, 2.24) is 14.8 Å². The molecule has 1 saturated heterocycles. The van der Waals surface area contributed by atoms with Crippen LogP contribution in [0.2, 0.25) is 0 Å². The van der Waals surface area contributed by atoms with Crippen LogP contribution in [0, 0.1) is 0 Å². The average Bonchev–Trinajstić information content (AvgIpc) is 2.61. The van der Waals surface area contributed by atoms with Crippen LogP contribution in [0.15, 0.2) is 4.73 Å². The first-order chi connectivity index (χ1) is 6.81. The van der Waals surface area contributed by atoms with E-state index in [1.165, 1.54) is 0 Å². The third-order valence-corrected chi connectivity index (χ3v) is 2.56. The molecule has 1 aliphatic heterocycles. The molecule has 2 rings (SSSR count). The Bertz CT molecular complexity index is 308. The summed E-state index contributed by atoms with van der Waals surface area (Å²) in [6.07, 6.45) is 0. The zero-order chi connectivity index (χ0) is 9.97. The fraction of sp³-hybridized carbons (Fsp3) is 0.750. The number of hydrogen-bond donors (Lipinski definition) is 0. The fourth-order valence-electron chi connectivity index (χ4n) is 1.52. The summed E-state index contributed by atoms with van der Waals surface area (Å²) in [5.41, 5.74) is 0. The predicted molar refractivity (Wildman–Crippen MR) is 56.4 cm³/mol. The number of anilines is 1. The molecule has 1 aromatic heterocycles. The van der Waals surface area contributed by atoms with E-state index in [-0.39, 0.29) is 0 Å². The summed E-state index contributed by atoms with van der Waals surface area (Å²) in [5.74, 6) is 0.933. The van der Waals surface area contributed by atoms with E-state index in [1.807, 2.05) is 4.68 Å². The van der Waals surface area contributed by atoms with Crippen molar-refractivity contribution in [2.75, 3.05) is 31.2 Å². The Kier molecular flexibility index (Phi) is 3.02. The van der Waals surface area contributed by atoms with E-state index in [2.05, 4.69) is 37.8 Å². The van der Waals surface area contributed by atoms with Crippen molar-refractivity contribution in [2.45, 2.75) is 13.5 Å². The maximum Gasteiger partial charge on any atom is 0.224 e. The molecule has 0 bridgehead atoms. The second kappa shape index (κ2) is 4.27. The standard InChI is InChI=1S/C8H13BrN4O/c1-2-13-8(10-7(9)11-13)12-3-5-14-6-4-12/h2-6H2,1H3. The summed E-state index contributed by atoms with van der Waals surface area (Å²) in [6.45, 7) is 6.23. The van der Waals surface area contributed by atoms with Gasteiger partial charge in [0, 0.05) is 19.6 Å². The highest BCUT2D eigenvalue weighted by atomic mass is 79.9. The lowest BCUT2D eigenvalue weighted by Gasteiger charge is -2.27. The fourth-order valence-corrected chi connectivity index (χ4v) is 1.87. The van der Waals surface area contributed by atoms with Crippen molar-refractivity contribution in [2.24, 2.45) is 0 Å².